The van der Waals surface area contributed by atoms with Crippen LogP contribution in [0.15, 0.2) is 0 Å². The Morgan fingerprint density at radius 1 is 1.50 bits per heavy atom. The molecule has 0 spiro atoms. The zero-order chi connectivity index (χ0) is 10.6. The first-order valence-electron chi connectivity index (χ1n) is 5.14. The van der Waals surface area contributed by atoms with Gasteiger partial charge < -0.3 is 10.2 Å². The number of rotatable bonds is 2. The van der Waals surface area contributed by atoms with Crippen LogP contribution in [0.4, 0.5) is 0 Å². The molecule has 0 aromatic heterocycles. The fourth-order valence-electron chi connectivity index (χ4n) is 1.79. The predicted octanol–water partition coefficient (Wildman–Crippen LogP) is 0.609. The lowest BCUT2D eigenvalue weighted by Gasteiger charge is -2.34. The summed E-state index contributed by atoms with van der Waals surface area (Å²) in [4.78, 5) is 13.3. The Bertz CT molecular complexity index is 234. The van der Waals surface area contributed by atoms with Crippen molar-refractivity contribution in [2.45, 2.75) is 38.8 Å². The molecule has 1 amide bonds. The van der Waals surface area contributed by atoms with Crippen molar-refractivity contribution in [3.05, 3.63) is 0 Å². The lowest BCUT2D eigenvalue weighted by atomic mass is 10.0. The number of hydrogen-bond donors (Lipinski definition) is 1. The average molecular weight is 194 g/mol. The highest BCUT2D eigenvalue weighted by Gasteiger charge is 2.21. The van der Waals surface area contributed by atoms with Crippen LogP contribution in [0.5, 0.6) is 0 Å². The molecule has 1 rings (SSSR count). The van der Waals surface area contributed by atoms with Gasteiger partial charge in [0, 0.05) is 25.2 Å². The molecular weight excluding hydrogens is 176 g/mol. The van der Waals surface area contributed by atoms with E-state index in [1.54, 1.807) is 0 Å². The van der Waals surface area contributed by atoms with E-state index < -0.39 is 0 Å². The van der Waals surface area contributed by atoms with Gasteiger partial charge >= 0.3 is 0 Å². The van der Waals surface area contributed by atoms with Gasteiger partial charge in [-0.25, -0.2) is 0 Å². The number of nitrogens with zero attached hydrogens (tertiary/aromatic N) is 1. The third kappa shape index (κ3) is 3.04. The molecule has 1 saturated heterocycles. The van der Waals surface area contributed by atoms with Gasteiger partial charge in [0.05, 0.1) is 0 Å². The maximum Gasteiger partial charge on any atom is 0.295 e. The van der Waals surface area contributed by atoms with Crippen molar-refractivity contribution in [1.82, 2.24) is 10.2 Å². The lowest BCUT2D eigenvalue weighted by molar-refractivity contribution is -0.116. The van der Waals surface area contributed by atoms with E-state index in [0.29, 0.717) is 6.04 Å². The molecule has 0 saturated carbocycles. The summed E-state index contributed by atoms with van der Waals surface area (Å²) in [5.74, 6) is 1.80. The van der Waals surface area contributed by atoms with Gasteiger partial charge in [-0.1, -0.05) is 0 Å². The number of carbonyl (C=O) groups excluding carboxylic acids is 1. The number of terminal acetylenes is 1. The first-order valence-corrected chi connectivity index (χ1v) is 5.14. The summed E-state index contributed by atoms with van der Waals surface area (Å²) in [5, 5.41) is 2.83. The second-order valence-electron chi connectivity index (χ2n) is 4.02. The summed E-state index contributed by atoms with van der Waals surface area (Å²) in [6, 6.07) is 0.868. The molecule has 3 nitrogen and oxygen atoms in total. The molecule has 1 heterocycles. The first kappa shape index (κ1) is 11.1. The molecule has 0 radical (unpaired) electrons. The minimum absolute atomic E-state index is 0.272. The largest absolute Gasteiger partial charge is 0.342 e. The van der Waals surface area contributed by atoms with Crippen LogP contribution in [-0.4, -0.2) is 36.0 Å². The molecular formula is C11H18N2O. The number of hydrogen-bond acceptors (Lipinski definition) is 2. The minimum atomic E-state index is -0.284. The van der Waals surface area contributed by atoms with Gasteiger partial charge in [-0.3, -0.25) is 4.79 Å². The highest BCUT2D eigenvalue weighted by atomic mass is 16.1. The van der Waals surface area contributed by atoms with Crippen LogP contribution in [0.25, 0.3) is 0 Å². The number of amides is 1. The molecule has 0 aliphatic carbocycles. The molecule has 0 aromatic rings. The lowest BCUT2D eigenvalue weighted by Crippen LogP contribution is -2.46. The molecule has 78 valence electrons. The van der Waals surface area contributed by atoms with Gasteiger partial charge in [-0.2, -0.15) is 0 Å². The van der Waals surface area contributed by atoms with Crippen LogP contribution in [0.2, 0.25) is 0 Å². The third-order valence-corrected chi connectivity index (χ3v) is 2.73. The van der Waals surface area contributed by atoms with Gasteiger partial charge in [0.15, 0.2) is 0 Å². The number of likely N-dealkylation sites (tertiary alicyclic amines) is 1. The standard InChI is InChI=1S/C11H18N2O/c1-4-11(14)12-10-5-7-13(8-6-10)9(2)3/h1,9-10H,5-8H2,2-3H3,(H,12,14). The van der Waals surface area contributed by atoms with Crippen molar-refractivity contribution in [3.63, 3.8) is 0 Å². The Morgan fingerprint density at radius 3 is 2.50 bits per heavy atom. The summed E-state index contributed by atoms with van der Waals surface area (Å²) >= 11 is 0. The van der Waals surface area contributed by atoms with Gasteiger partial charge in [0.2, 0.25) is 0 Å². The molecule has 0 aromatic carbocycles. The zero-order valence-corrected chi connectivity index (χ0v) is 8.92. The Morgan fingerprint density at radius 2 is 2.07 bits per heavy atom. The SMILES string of the molecule is C#CC(=O)NC1CCN(C(C)C)CC1. The van der Waals surface area contributed by atoms with Crippen LogP contribution < -0.4 is 5.32 Å². The van der Waals surface area contributed by atoms with Crippen LogP contribution >= 0.6 is 0 Å². The fraction of sp³-hybridized carbons (Fsp3) is 0.727. The van der Waals surface area contributed by atoms with E-state index >= 15 is 0 Å². The first-order chi connectivity index (χ1) is 6.63. The molecule has 3 heteroatoms. The van der Waals surface area contributed by atoms with E-state index in [4.69, 9.17) is 6.42 Å². The third-order valence-electron chi connectivity index (χ3n) is 2.73. The van der Waals surface area contributed by atoms with Gasteiger partial charge in [-0.15, -0.1) is 6.42 Å². The van der Waals surface area contributed by atoms with Crippen molar-refractivity contribution in [2.24, 2.45) is 0 Å². The number of carbonyl (C=O) groups is 1. The highest BCUT2D eigenvalue weighted by molar-refractivity contribution is 5.92. The summed E-state index contributed by atoms with van der Waals surface area (Å²) in [7, 11) is 0. The van der Waals surface area contributed by atoms with Crippen molar-refractivity contribution < 1.29 is 4.79 Å². The molecule has 1 aliphatic rings. The molecule has 1 N–H and O–H groups in total. The van der Waals surface area contributed by atoms with Crippen LogP contribution in [-0.2, 0) is 4.79 Å². The van der Waals surface area contributed by atoms with E-state index in [1.807, 2.05) is 0 Å². The van der Waals surface area contributed by atoms with Crippen molar-refractivity contribution in [3.8, 4) is 12.3 Å². The highest BCUT2D eigenvalue weighted by Crippen LogP contribution is 2.12. The quantitative estimate of drug-likeness (QED) is 0.653. The second-order valence-corrected chi connectivity index (χ2v) is 4.02. The molecule has 1 aliphatic heterocycles. The second kappa shape index (κ2) is 5.02. The van der Waals surface area contributed by atoms with Crippen LogP contribution in [0.1, 0.15) is 26.7 Å². The summed E-state index contributed by atoms with van der Waals surface area (Å²) in [5.41, 5.74) is 0. The van der Waals surface area contributed by atoms with E-state index in [9.17, 15) is 4.79 Å². The number of piperidine rings is 1. The molecule has 14 heavy (non-hydrogen) atoms. The van der Waals surface area contributed by atoms with Crippen LogP contribution in [0.3, 0.4) is 0 Å². The monoisotopic (exact) mass is 194 g/mol. The summed E-state index contributed by atoms with van der Waals surface area (Å²) in [6.07, 6.45) is 7.00. The van der Waals surface area contributed by atoms with Crippen molar-refractivity contribution >= 4 is 5.91 Å². The van der Waals surface area contributed by atoms with Crippen LogP contribution in [0, 0.1) is 12.3 Å². The van der Waals surface area contributed by atoms with E-state index in [1.165, 1.54) is 0 Å². The molecule has 1 fully saturated rings. The average Bonchev–Trinajstić information content (AvgIpc) is 2.18. The normalized spacial score (nSPS) is 19.3. The van der Waals surface area contributed by atoms with E-state index in [-0.39, 0.29) is 11.9 Å². The molecule has 0 atom stereocenters. The maximum absolute atomic E-state index is 10.9. The van der Waals surface area contributed by atoms with Crippen molar-refractivity contribution in [2.75, 3.05) is 13.1 Å². The van der Waals surface area contributed by atoms with Gasteiger partial charge in [0.25, 0.3) is 5.91 Å². The zero-order valence-electron chi connectivity index (χ0n) is 8.92. The minimum Gasteiger partial charge on any atom is -0.342 e. The predicted molar refractivity (Wildman–Crippen MR) is 56.7 cm³/mol. The Labute approximate surface area is 85.9 Å². The smallest absolute Gasteiger partial charge is 0.295 e. The van der Waals surface area contributed by atoms with E-state index in [0.717, 1.165) is 25.9 Å². The summed E-state index contributed by atoms with van der Waals surface area (Å²) < 4.78 is 0. The Kier molecular flexibility index (Phi) is 3.97. The molecule has 0 bridgehead atoms. The van der Waals surface area contributed by atoms with Gasteiger partial charge in [-0.05, 0) is 32.6 Å². The number of nitrogens with one attached hydrogen (secondary N) is 1. The Balaban J connectivity index is 2.30. The fourth-order valence-corrected chi connectivity index (χ4v) is 1.79. The Hall–Kier alpha value is -1.01. The van der Waals surface area contributed by atoms with Crippen molar-refractivity contribution in [1.29, 1.82) is 0 Å². The summed E-state index contributed by atoms with van der Waals surface area (Å²) in [6.45, 7) is 6.49. The topological polar surface area (TPSA) is 32.3 Å². The molecule has 0 unspecified atom stereocenters. The maximum atomic E-state index is 10.9. The van der Waals surface area contributed by atoms with E-state index in [2.05, 4.69) is 30.0 Å². The van der Waals surface area contributed by atoms with Gasteiger partial charge in [0.1, 0.15) is 0 Å².